The number of rotatable bonds is 6. The van der Waals surface area contributed by atoms with Gasteiger partial charge >= 0.3 is 0 Å². The lowest BCUT2D eigenvalue weighted by molar-refractivity contribution is -0.130. The van der Waals surface area contributed by atoms with Crippen LogP contribution in [-0.2, 0) is 11.3 Å². The fourth-order valence-electron chi connectivity index (χ4n) is 2.39. The molecular weight excluding hydrogens is 240 g/mol. The molecule has 0 saturated carbocycles. The first kappa shape index (κ1) is 14.1. The van der Waals surface area contributed by atoms with Crippen molar-refractivity contribution in [2.75, 3.05) is 39.8 Å². The smallest absolute Gasteiger partial charge is 0.222 e. The van der Waals surface area contributed by atoms with Gasteiger partial charge in [0.2, 0.25) is 5.91 Å². The van der Waals surface area contributed by atoms with Crippen molar-refractivity contribution in [1.29, 1.82) is 0 Å². The van der Waals surface area contributed by atoms with E-state index in [0.717, 1.165) is 44.8 Å². The molecule has 1 aromatic heterocycles. The molecule has 0 atom stereocenters. The van der Waals surface area contributed by atoms with E-state index in [2.05, 4.69) is 15.2 Å². The third-order valence-corrected chi connectivity index (χ3v) is 3.57. The first-order valence-electron chi connectivity index (χ1n) is 7.05. The third kappa shape index (κ3) is 4.69. The van der Waals surface area contributed by atoms with E-state index < -0.39 is 0 Å². The number of hydrogen-bond acceptors (Lipinski definition) is 3. The Bertz CT molecular complexity index is 371. The van der Waals surface area contributed by atoms with Gasteiger partial charge in [-0.1, -0.05) is 0 Å². The Morgan fingerprint density at radius 2 is 2.21 bits per heavy atom. The van der Waals surface area contributed by atoms with Gasteiger partial charge in [0.05, 0.1) is 6.54 Å². The highest BCUT2D eigenvalue weighted by Crippen LogP contribution is 2.04. The number of nitrogens with zero attached hydrogens (tertiary/aromatic N) is 2. The summed E-state index contributed by atoms with van der Waals surface area (Å²) in [4.78, 5) is 19.3. The second kappa shape index (κ2) is 7.31. The van der Waals surface area contributed by atoms with Crippen LogP contribution in [0.3, 0.4) is 0 Å². The predicted octanol–water partition coefficient (Wildman–Crippen LogP) is 0.659. The molecule has 0 aliphatic carbocycles. The number of carbonyl (C=O) groups is 1. The van der Waals surface area contributed by atoms with Gasteiger partial charge in [-0.25, -0.2) is 0 Å². The van der Waals surface area contributed by atoms with Crippen LogP contribution in [0, 0.1) is 0 Å². The molecule has 0 spiro atoms. The molecule has 0 unspecified atom stereocenters. The summed E-state index contributed by atoms with van der Waals surface area (Å²) in [7, 11) is 1.87. The lowest BCUT2D eigenvalue weighted by Crippen LogP contribution is -2.43. The predicted molar refractivity (Wildman–Crippen MR) is 75.8 cm³/mol. The van der Waals surface area contributed by atoms with Crippen LogP contribution in [0.15, 0.2) is 18.3 Å². The standard InChI is InChI=1S/C14H24N4O/c1-17(12-13-4-2-6-16-13)14(19)5-3-9-18-10-7-15-8-11-18/h2,4,6,15-16H,3,5,7-12H2,1H3. The molecule has 1 fully saturated rings. The monoisotopic (exact) mass is 264 g/mol. The maximum Gasteiger partial charge on any atom is 0.222 e. The summed E-state index contributed by atoms with van der Waals surface area (Å²) in [6.45, 7) is 6.05. The minimum Gasteiger partial charge on any atom is -0.364 e. The fourth-order valence-corrected chi connectivity index (χ4v) is 2.39. The van der Waals surface area contributed by atoms with Crippen LogP contribution in [0.4, 0.5) is 0 Å². The molecule has 5 nitrogen and oxygen atoms in total. The van der Waals surface area contributed by atoms with Crippen LogP contribution in [-0.4, -0.2) is 60.5 Å². The molecule has 5 heteroatoms. The Kier molecular flexibility index (Phi) is 5.42. The number of H-pyrrole nitrogens is 1. The number of piperazine rings is 1. The first-order chi connectivity index (χ1) is 9.25. The SMILES string of the molecule is CN(Cc1ccc[nH]1)C(=O)CCCN1CCNCC1. The van der Waals surface area contributed by atoms with Gasteiger partial charge in [-0.3, -0.25) is 4.79 Å². The molecule has 0 aromatic carbocycles. The second-order valence-corrected chi connectivity index (χ2v) is 5.14. The Morgan fingerprint density at radius 3 is 2.89 bits per heavy atom. The number of nitrogens with one attached hydrogen (secondary N) is 2. The Labute approximate surface area is 115 Å². The zero-order chi connectivity index (χ0) is 13.5. The van der Waals surface area contributed by atoms with Crippen LogP contribution in [0.2, 0.25) is 0 Å². The Hall–Kier alpha value is -1.33. The summed E-state index contributed by atoms with van der Waals surface area (Å²) in [5.41, 5.74) is 1.08. The van der Waals surface area contributed by atoms with E-state index in [4.69, 9.17) is 0 Å². The van der Waals surface area contributed by atoms with E-state index in [9.17, 15) is 4.79 Å². The van der Waals surface area contributed by atoms with Crippen LogP contribution >= 0.6 is 0 Å². The number of aromatic nitrogens is 1. The summed E-state index contributed by atoms with van der Waals surface area (Å²) >= 11 is 0. The van der Waals surface area contributed by atoms with Crippen LogP contribution < -0.4 is 5.32 Å². The molecule has 1 aromatic rings. The van der Waals surface area contributed by atoms with Gasteiger partial charge in [0.1, 0.15) is 0 Å². The number of amides is 1. The average molecular weight is 264 g/mol. The summed E-state index contributed by atoms with van der Waals surface area (Å²) < 4.78 is 0. The Balaban J connectivity index is 1.63. The van der Waals surface area contributed by atoms with E-state index in [1.807, 2.05) is 25.4 Å². The number of carbonyl (C=O) groups excluding carboxylic acids is 1. The molecular formula is C14H24N4O. The van der Waals surface area contributed by atoms with Crippen molar-refractivity contribution < 1.29 is 4.79 Å². The molecule has 2 rings (SSSR count). The van der Waals surface area contributed by atoms with E-state index in [1.165, 1.54) is 0 Å². The van der Waals surface area contributed by atoms with Crippen molar-refractivity contribution in [3.05, 3.63) is 24.0 Å². The van der Waals surface area contributed by atoms with Crippen molar-refractivity contribution in [3.63, 3.8) is 0 Å². The molecule has 1 aliphatic rings. The molecule has 1 aliphatic heterocycles. The quantitative estimate of drug-likeness (QED) is 0.793. The van der Waals surface area contributed by atoms with E-state index in [-0.39, 0.29) is 5.91 Å². The van der Waals surface area contributed by atoms with Gasteiger partial charge in [-0.15, -0.1) is 0 Å². The van der Waals surface area contributed by atoms with Crippen molar-refractivity contribution in [2.45, 2.75) is 19.4 Å². The topological polar surface area (TPSA) is 51.4 Å². The van der Waals surface area contributed by atoms with E-state index in [1.54, 1.807) is 4.90 Å². The van der Waals surface area contributed by atoms with Gasteiger partial charge in [0.15, 0.2) is 0 Å². The lowest BCUT2D eigenvalue weighted by Gasteiger charge is -2.27. The zero-order valence-electron chi connectivity index (χ0n) is 11.7. The normalized spacial score (nSPS) is 16.5. The van der Waals surface area contributed by atoms with Gasteiger partial charge in [-0.2, -0.15) is 0 Å². The lowest BCUT2D eigenvalue weighted by atomic mass is 10.2. The summed E-state index contributed by atoms with van der Waals surface area (Å²) in [5.74, 6) is 0.227. The highest BCUT2D eigenvalue weighted by atomic mass is 16.2. The van der Waals surface area contributed by atoms with Crippen LogP contribution in [0.25, 0.3) is 0 Å². The largest absolute Gasteiger partial charge is 0.364 e. The molecule has 106 valence electrons. The number of hydrogen-bond donors (Lipinski definition) is 2. The first-order valence-corrected chi connectivity index (χ1v) is 7.05. The van der Waals surface area contributed by atoms with Gasteiger partial charge in [0.25, 0.3) is 0 Å². The van der Waals surface area contributed by atoms with E-state index >= 15 is 0 Å². The molecule has 0 radical (unpaired) electrons. The molecule has 1 amide bonds. The van der Waals surface area contributed by atoms with Gasteiger partial charge in [0, 0.05) is 51.5 Å². The molecule has 0 bridgehead atoms. The number of aromatic amines is 1. The van der Waals surface area contributed by atoms with E-state index in [0.29, 0.717) is 13.0 Å². The molecule has 2 N–H and O–H groups in total. The van der Waals surface area contributed by atoms with Gasteiger partial charge in [-0.05, 0) is 25.1 Å². The maximum absolute atomic E-state index is 12.0. The highest BCUT2D eigenvalue weighted by Gasteiger charge is 2.12. The van der Waals surface area contributed by atoms with Crippen molar-refractivity contribution in [3.8, 4) is 0 Å². The molecule has 1 saturated heterocycles. The minimum atomic E-state index is 0.227. The Morgan fingerprint density at radius 1 is 1.42 bits per heavy atom. The molecule has 19 heavy (non-hydrogen) atoms. The fraction of sp³-hybridized carbons (Fsp3) is 0.643. The van der Waals surface area contributed by atoms with Crippen molar-refractivity contribution in [1.82, 2.24) is 20.1 Å². The van der Waals surface area contributed by atoms with Crippen LogP contribution in [0.5, 0.6) is 0 Å². The van der Waals surface area contributed by atoms with Crippen molar-refractivity contribution >= 4 is 5.91 Å². The minimum absolute atomic E-state index is 0.227. The zero-order valence-corrected chi connectivity index (χ0v) is 11.7. The summed E-state index contributed by atoms with van der Waals surface area (Å²) in [6.07, 6.45) is 3.48. The van der Waals surface area contributed by atoms with Crippen molar-refractivity contribution in [2.24, 2.45) is 0 Å². The average Bonchev–Trinajstić information content (AvgIpc) is 2.92. The maximum atomic E-state index is 12.0. The van der Waals surface area contributed by atoms with Crippen LogP contribution in [0.1, 0.15) is 18.5 Å². The third-order valence-electron chi connectivity index (χ3n) is 3.57. The second-order valence-electron chi connectivity index (χ2n) is 5.14. The summed E-state index contributed by atoms with van der Waals surface area (Å²) in [6, 6.07) is 3.96. The highest BCUT2D eigenvalue weighted by molar-refractivity contribution is 5.75. The molecule has 2 heterocycles. The summed E-state index contributed by atoms with van der Waals surface area (Å²) in [5, 5.41) is 3.34. The van der Waals surface area contributed by atoms with Gasteiger partial charge < -0.3 is 20.1 Å².